The van der Waals surface area contributed by atoms with Gasteiger partial charge in [0.05, 0.1) is 13.6 Å². The average molecular weight is 245 g/mol. The van der Waals surface area contributed by atoms with Gasteiger partial charge in [0.1, 0.15) is 12.4 Å². The number of hydrogen-bond donors (Lipinski definition) is 0. The van der Waals surface area contributed by atoms with Crippen LogP contribution in [0.2, 0.25) is 0 Å². The Labute approximate surface area is 90.3 Å². The highest BCUT2D eigenvalue weighted by atomic mass is 19.4. The third-order valence-electron chi connectivity index (χ3n) is 1.98. The van der Waals surface area contributed by atoms with E-state index >= 15 is 0 Å². The summed E-state index contributed by atoms with van der Waals surface area (Å²) in [6.45, 7) is 5.32. The molecule has 16 heavy (non-hydrogen) atoms. The Morgan fingerprint density at radius 2 is 1.81 bits per heavy atom. The Balaban J connectivity index is 0.000000293. The van der Waals surface area contributed by atoms with E-state index < -0.39 is 12.6 Å². The van der Waals surface area contributed by atoms with E-state index in [0.717, 1.165) is 6.54 Å². The maximum Gasteiger partial charge on any atom is 0.450 e. The molecule has 0 aliphatic heterocycles. The molecule has 0 radical (unpaired) electrons. The van der Waals surface area contributed by atoms with Gasteiger partial charge in [0.15, 0.2) is 0 Å². The van der Waals surface area contributed by atoms with E-state index in [1.807, 2.05) is 0 Å². The fourth-order valence-corrected chi connectivity index (χ4v) is 0.933. The van der Waals surface area contributed by atoms with E-state index in [-0.39, 0.29) is 0 Å². The molecule has 7 heteroatoms. The van der Waals surface area contributed by atoms with Crippen molar-refractivity contribution in [3.63, 3.8) is 0 Å². The number of hydrogen-bond acceptors (Lipinski definition) is 0. The van der Waals surface area contributed by atoms with Gasteiger partial charge in [-0.15, -0.1) is 0 Å². The fraction of sp³-hybridized carbons (Fsp3) is 0.667. The van der Waals surface area contributed by atoms with Gasteiger partial charge < -0.3 is 0 Å². The topological polar surface area (TPSA) is 8.81 Å². The van der Waals surface area contributed by atoms with Crippen molar-refractivity contribution >= 4 is 0 Å². The molecule has 0 amide bonds. The van der Waals surface area contributed by atoms with Crippen LogP contribution in [-0.2, 0) is 13.6 Å². The van der Waals surface area contributed by atoms with Crippen LogP contribution < -0.4 is 4.57 Å². The number of halogens is 5. The molecule has 0 saturated carbocycles. The smallest absolute Gasteiger partial charge is 0.237 e. The largest absolute Gasteiger partial charge is 0.450 e. The second-order valence-corrected chi connectivity index (χ2v) is 3.08. The van der Waals surface area contributed by atoms with Crippen LogP contribution >= 0.6 is 0 Å². The van der Waals surface area contributed by atoms with E-state index in [0.29, 0.717) is 0 Å². The highest BCUT2D eigenvalue weighted by Crippen LogP contribution is 2.22. The van der Waals surface area contributed by atoms with Gasteiger partial charge in [-0.25, -0.2) is 17.9 Å². The zero-order valence-corrected chi connectivity index (χ0v) is 9.22. The van der Waals surface area contributed by atoms with Gasteiger partial charge in [-0.1, -0.05) is 0 Å². The van der Waals surface area contributed by atoms with Crippen molar-refractivity contribution in [3.05, 3.63) is 18.2 Å². The fourth-order valence-electron chi connectivity index (χ4n) is 0.933. The molecular weight excluding hydrogens is 231 g/mol. The van der Waals surface area contributed by atoms with Gasteiger partial charge in [0.25, 0.3) is 5.82 Å². The van der Waals surface area contributed by atoms with E-state index in [1.54, 1.807) is 0 Å². The number of aromatic nitrogens is 2. The summed E-state index contributed by atoms with van der Waals surface area (Å²) in [6.07, 6.45) is -5.37. The molecule has 1 aromatic heterocycles. The number of imidazole rings is 1. The molecule has 0 aliphatic carbocycles. The second kappa shape index (κ2) is 5.81. The molecule has 0 fully saturated rings. The molecule has 94 valence electrons. The number of rotatable bonds is 1. The third kappa shape index (κ3) is 4.59. The molecule has 0 spiro atoms. The maximum atomic E-state index is 10.4. The van der Waals surface area contributed by atoms with Crippen molar-refractivity contribution in [3.8, 4) is 0 Å². The zero-order valence-electron chi connectivity index (χ0n) is 9.22. The lowest BCUT2D eigenvalue weighted by Crippen LogP contribution is -2.29. The highest BCUT2D eigenvalue weighted by molar-refractivity contribution is 4.77. The molecule has 1 heterocycles. The molecule has 0 aromatic carbocycles. The lowest BCUT2D eigenvalue weighted by molar-refractivity contribution is -0.677. The van der Waals surface area contributed by atoms with Gasteiger partial charge in [-0.2, -0.15) is 13.2 Å². The normalized spacial score (nSPS) is 11.3. The van der Waals surface area contributed by atoms with E-state index in [9.17, 15) is 22.0 Å². The van der Waals surface area contributed by atoms with Gasteiger partial charge in [-0.05, 0) is 6.92 Å². The van der Waals surface area contributed by atoms with Crippen LogP contribution in [0.4, 0.5) is 22.0 Å². The van der Waals surface area contributed by atoms with Crippen LogP contribution in [0, 0.1) is 6.92 Å². The molecule has 0 aliphatic rings. The number of alkyl halides is 5. The van der Waals surface area contributed by atoms with Crippen LogP contribution in [-0.4, -0.2) is 17.2 Å². The summed E-state index contributed by atoms with van der Waals surface area (Å²) in [7, 11) is 2.06. The van der Waals surface area contributed by atoms with Crippen molar-refractivity contribution in [2.45, 2.75) is 33.0 Å². The van der Waals surface area contributed by atoms with Crippen LogP contribution in [0.5, 0.6) is 0 Å². The first kappa shape index (κ1) is 14.9. The van der Waals surface area contributed by atoms with Gasteiger partial charge in [0.2, 0.25) is 0 Å². The van der Waals surface area contributed by atoms with Crippen molar-refractivity contribution in [2.24, 2.45) is 7.05 Å². The van der Waals surface area contributed by atoms with Crippen molar-refractivity contribution in [1.82, 2.24) is 4.57 Å². The predicted octanol–water partition coefficient (Wildman–Crippen LogP) is 2.45. The first-order chi connectivity index (χ1) is 7.20. The summed E-state index contributed by atoms with van der Waals surface area (Å²) in [5.74, 6) is 1.30. The summed E-state index contributed by atoms with van der Waals surface area (Å²) in [4.78, 5) is 0. The second-order valence-electron chi connectivity index (χ2n) is 3.08. The molecular formula is C9H14F5N2+. The molecule has 1 rings (SSSR count). The van der Waals surface area contributed by atoms with Gasteiger partial charge >= 0.3 is 12.6 Å². The Hall–Kier alpha value is -1.14. The number of aryl methyl sites for hydroxylation is 2. The summed E-state index contributed by atoms with van der Waals surface area (Å²) in [5.41, 5.74) is 0. The maximum absolute atomic E-state index is 10.4. The minimum atomic E-state index is -5.33. The predicted molar refractivity (Wildman–Crippen MR) is 48.1 cm³/mol. The summed E-state index contributed by atoms with van der Waals surface area (Å²) >= 11 is 0. The van der Waals surface area contributed by atoms with Crippen molar-refractivity contribution in [1.29, 1.82) is 0 Å². The Morgan fingerprint density at radius 1 is 1.38 bits per heavy atom. The van der Waals surface area contributed by atoms with Gasteiger partial charge in [-0.3, -0.25) is 0 Å². The molecule has 0 bridgehead atoms. The molecule has 0 unspecified atom stereocenters. The minimum Gasteiger partial charge on any atom is -0.237 e. The molecule has 1 aromatic rings. The van der Waals surface area contributed by atoms with E-state index in [2.05, 4.69) is 42.4 Å². The standard InChI is InChI=1S/C7H13N2.C2HF5/c1-4-9-6-5-8(3)7(9)2;3-1(4)2(5,6)7/h5-6H,4H2,1-3H3;1H/q+1;. The van der Waals surface area contributed by atoms with E-state index in [4.69, 9.17) is 0 Å². The van der Waals surface area contributed by atoms with Gasteiger partial charge in [0, 0.05) is 6.92 Å². The van der Waals surface area contributed by atoms with Crippen molar-refractivity contribution < 1.29 is 26.5 Å². The molecule has 2 nitrogen and oxygen atoms in total. The van der Waals surface area contributed by atoms with Crippen molar-refractivity contribution in [2.75, 3.05) is 0 Å². The lowest BCUT2D eigenvalue weighted by atomic mass is 10.6. The summed E-state index contributed by atoms with van der Waals surface area (Å²) in [5, 5.41) is 0. The van der Waals surface area contributed by atoms with Crippen LogP contribution in [0.1, 0.15) is 12.7 Å². The highest BCUT2D eigenvalue weighted by Gasteiger charge is 2.40. The summed E-state index contributed by atoms with van der Waals surface area (Å²) in [6, 6.07) is 0. The first-order valence-electron chi connectivity index (χ1n) is 4.56. The molecule has 0 saturated heterocycles. The lowest BCUT2D eigenvalue weighted by Gasteiger charge is -2.00. The third-order valence-corrected chi connectivity index (χ3v) is 1.98. The Kier molecular flexibility index (Phi) is 5.40. The van der Waals surface area contributed by atoms with E-state index in [1.165, 1.54) is 5.82 Å². The van der Waals surface area contributed by atoms with Crippen LogP contribution in [0.25, 0.3) is 0 Å². The van der Waals surface area contributed by atoms with Crippen LogP contribution in [0.15, 0.2) is 12.4 Å². The quantitative estimate of drug-likeness (QED) is 0.531. The number of nitrogens with zero attached hydrogens (tertiary/aromatic N) is 2. The Morgan fingerprint density at radius 3 is 1.94 bits per heavy atom. The Bertz CT molecular complexity index is 316. The SMILES string of the molecule is CCn1cc[n+](C)c1C.FC(F)C(F)(F)F. The molecule has 0 atom stereocenters. The first-order valence-corrected chi connectivity index (χ1v) is 4.56. The summed E-state index contributed by atoms with van der Waals surface area (Å²) < 4.78 is 56.4. The minimum absolute atomic E-state index is 1.06. The van der Waals surface area contributed by atoms with Crippen LogP contribution in [0.3, 0.4) is 0 Å². The monoisotopic (exact) mass is 245 g/mol. The average Bonchev–Trinajstić information content (AvgIpc) is 2.47. The zero-order chi connectivity index (χ0) is 12.9. The molecule has 0 N–H and O–H groups in total.